The second kappa shape index (κ2) is 9.73. The third-order valence-electron chi connectivity index (χ3n) is 4.66. The zero-order valence-corrected chi connectivity index (χ0v) is 16.4. The van der Waals surface area contributed by atoms with Crippen LogP contribution in [-0.2, 0) is 0 Å². The maximum atomic E-state index is 12.4. The van der Waals surface area contributed by atoms with Crippen molar-refractivity contribution in [2.45, 2.75) is 0 Å². The minimum atomic E-state index is -0.0560. The standard InChI is InChI=1S/C21H27N3O4/c1-26-18-14-19(27-2)16-20(15-18)28-13-8-22-21(25)24-11-9-23(10-12-24)17-6-4-3-5-7-17/h3-7,14-16H,8-13H2,1-2H3,(H,22,25). The Hall–Kier alpha value is -3.09. The molecule has 0 saturated carbocycles. The van der Waals surface area contributed by atoms with Crippen molar-refractivity contribution in [1.29, 1.82) is 0 Å². The number of hydrogen-bond donors (Lipinski definition) is 1. The molecule has 1 saturated heterocycles. The molecule has 0 aromatic heterocycles. The average molecular weight is 385 g/mol. The summed E-state index contributed by atoms with van der Waals surface area (Å²) in [5.74, 6) is 1.96. The molecule has 2 aromatic carbocycles. The number of rotatable bonds is 7. The quantitative estimate of drug-likeness (QED) is 0.743. The summed E-state index contributed by atoms with van der Waals surface area (Å²) >= 11 is 0. The molecule has 0 aliphatic carbocycles. The van der Waals surface area contributed by atoms with Crippen LogP contribution in [0.5, 0.6) is 17.2 Å². The fraction of sp³-hybridized carbons (Fsp3) is 0.381. The lowest BCUT2D eigenvalue weighted by Gasteiger charge is -2.36. The third-order valence-corrected chi connectivity index (χ3v) is 4.66. The first-order chi connectivity index (χ1) is 13.7. The Morgan fingerprint density at radius 3 is 2.14 bits per heavy atom. The summed E-state index contributed by atoms with van der Waals surface area (Å²) in [5, 5.41) is 2.92. The Kier molecular flexibility index (Phi) is 6.84. The maximum absolute atomic E-state index is 12.4. The first kappa shape index (κ1) is 19.7. The molecule has 0 bridgehead atoms. The third kappa shape index (κ3) is 5.22. The van der Waals surface area contributed by atoms with Crippen molar-refractivity contribution in [1.82, 2.24) is 10.2 Å². The van der Waals surface area contributed by atoms with E-state index in [1.807, 2.05) is 23.1 Å². The number of para-hydroxylation sites is 1. The number of ether oxygens (including phenoxy) is 3. The van der Waals surface area contributed by atoms with Gasteiger partial charge < -0.3 is 29.3 Å². The monoisotopic (exact) mass is 385 g/mol. The highest BCUT2D eigenvalue weighted by Crippen LogP contribution is 2.27. The van der Waals surface area contributed by atoms with Gasteiger partial charge in [-0.2, -0.15) is 0 Å². The van der Waals surface area contributed by atoms with Gasteiger partial charge in [0.1, 0.15) is 23.9 Å². The average Bonchev–Trinajstić information content (AvgIpc) is 2.77. The predicted molar refractivity (Wildman–Crippen MR) is 109 cm³/mol. The number of methoxy groups -OCH3 is 2. The molecule has 3 rings (SSSR count). The predicted octanol–water partition coefficient (Wildman–Crippen LogP) is 2.61. The van der Waals surface area contributed by atoms with E-state index in [-0.39, 0.29) is 6.03 Å². The molecular formula is C21H27N3O4. The lowest BCUT2D eigenvalue weighted by atomic mass is 10.2. The van der Waals surface area contributed by atoms with E-state index in [4.69, 9.17) is 14.2 Å². The fourth-order valence-electron chi connectivity index (χ4n) is 3.11. The summed E-state index contributed by atoms with van der Waals surface area (Å²) in [6.07, 6.45) is 0. The Morgan fingerprint density at radius 2 is 1.54 bits per heavy atom. The van der Waals surface area contributed by atoms with Gasteiger partial charge >= 0.3 is 6.03 Å². The van der Waals surface area contributed by atoms with Crippen molar-refractivity contribution < 1.29 is 19.0 Å². The molecule has 1 aliphatic rings. The summed E-state index contributed by atoms with van der Waals surface area (Å²) in [5.41, 5.74) is 1.20. The van der Waals surface area contributed by atoms with Crippen molar-refractivity contribution in [3.63, 3.8) is 0 Å². The Labute approximate surface area is 165 Å². The zero-order chi connectivity index (χ0) is 19.8. The molecule has 1 heterocycles. The number of amides is 2. The molecule has 1 aliphatic heterocycles. The van der Waals surface area contributed by atoms with E-state index in [0.717, 1.165) is 13.1 Å². The van der Waals surface area contributed by atoms with Crippen LogP contribution in [0, 0.1) is 0 Å². The number of nitrogens with one attached hydrogen (secondary N) is 1. The number of anilines is 1. The number of benzene rings is 2. The molecule has 1 N–H and O–H groups in total. The first-order valence-corrected chi connectivity index (χ1v) is 9.38. The maximum Gasteiger partial charge on any atom is 0.317 e. The molecule has 1 fully saturated rings. The molecule has 150 valence electrons. The normalized spacial score (nSPS) is 13.8. The van der Waals surface area contributed by atoms with Gasteiger partial charge in [0.05, 0.1) is 20.8 Å². The van der Waals surface area contributed by atoms with Gasteiger partial charge in [-0.1, -0.05) is 18.2 Å². The van der Waals surface area contributed by atoms with Crippen LogP contribution in [0.3, 0.4) is 0 Å². The summed E-state index contributed by atoms with van der Waals surface area (Å²) in [4.78, 5) is 16.5. The Morgan fingerprint density at radius 1 is 0.929 bits per heavy atom. The van der Waals surface area contributed by atoms with E-state index in [1.165, 1.54) is 5.69 Å². The lowest BCUT2D eigenvalue weighted by molar-refractivity contribution is 0.191. The first-order valence-electron chi connectivity index (χ1n) is 9.38. The number of hydrogen-bond acceptors (Lipinski definition) is 5. The second-order valence-electron chi connectivity index (χ2n) is 6.44. The van der Waals surface area contributed by atoms with E-state index >= 15 is 0 Å². The van der Waals surface area contributed by atoms with Gasteiger partial charge in [0, 0.05) is 50.1 Å². The van der Waals surface area contributed by atoms with Gasteiger partial charge in [0.25, 0.3) is 0 Å². The van der Waals surface area contributed by atoms with Crippen molar-refractivity contribution in [3.05, 3.63) is 48.5 Å². The van der Waals surface area contributed by atoms with Crippen LogP contribution >= 0.6 is 0 Å². The van der Waals surface area contributed by atoms with Crippen molar-refractivity contribution in [3.8, 4) is 17.2 Å². The molecule has 7 heteroatoms. The van der Waals surface area contributed by atoms with Crippen molar-refractivity contribution >= 4 is 11.7 Å². The van der Waals surface area contributed by atoms with Gasteiger partial charge in [-0.25, -0.2) is 4.79 Å². The van der Waals surface area contributed by atoms with E-state index in [1.54, 1.807) is 32.4 Å². The van der Waals surface area contributed by atoms with Crippen LogP contribution in [-0.4, -0.2) is 64.5 Å². The van der Waals surface area contributed by atoms with Gasteiger partial charge in [0.15, 0.2) is 0 Å². The zero-order valence-electron chi connectivity index (χ0n) is 16.4. The summed E-state index contributed by atoms with van der Waals surface area (Å²) in [7, 11) is 3.19. The largest absolute Gasteiger partial charge is 0.496 e. The smallest absolute Gasteiger partial charge is 0.317 e. The highest BCUT2D eigenvalue weighted by molar-refractivity contribution is 5.74. The summed E-state index contributed by atoms with van der Waals surface area (Å²) in [6, 6.07) is 15.6. The minimum absolute atomic E-state index is 0.0560. The van der Waals surface area contributed by atoms with Crippen LogP contribution in [0.2, 0.25) is 0 Å². The number of urea groups is 1. The Bertz CT molecular complexity index is 739. The molecular weight excluding hydrogens is 358 g/mol. The van der Waals surface area contributed by atoms with Crippen molar-refractivity contribution in [2.75, 3.05) is 58.5 Å². The van der Waals surface area contributed by atoms with Gasteiger partial charge in [0.2, 0.25) is 0 Å². The number of carbonyl (C=O) groups is 1. The van der Waals surface area contributed by atoms with Crippen molar-refractivity contribution in [2.24, 2.45) is 0 Å². The number of nitrogens with zero attached hydrogens (tertiary/aromatic N) is 2. The summed E-state index contributed by atoms with van der Waals surface area (Å²) < 4.78 is 16.1. The van der Waals surface area contributed by atoms with Crippen LogP contribution in [0.25, 0.3) is 0 Å². The molecule has 0 radical (unpaired) electrons. The molecule has 0 unspecified atom stereocenters. The molecule has 2 amide bonds. The van der Waals surface area contributed by atoms with Gasteiger partial charge in [-0.15, -0.1) is 0 Å². The summed E-state index contributed by atoms with van der Waals surface area (Å²) in [6.45, 7) is 3.86. The highest BCUT2D eigenvalue weighted by atomic mass is 16.5. The van der Waals surface area contributed by atoms with Crippen LogP contribution in [0.15, 0.2) is 48.5 Å². The molecule has 0 spiro atoms. The van der Waals surface area contributed by atoms with E-state index in [9.17, 15) is 4.79 Å². The SMILES string of the molecule is COc1cc(OC)cc(OCCNC(=O)N2CCN(c3ccccc3)CC2)c1. The van der Waals surface area contributed by atoms with E-state index in [2.05, 4.69) is 22.3 Å². The van der Waals surface area contributed by atoms with E-state index in [0.29, 0.717) is 43.5 Å². The van der Waals surface area contributed by atoms with E-state index < -0.39 is 0 Å². The Balaban J connectivity index is 1.39. The second-order valence-corrected chi connectivity index (χ2v) is 6.44. The van der Waals surface area contributed by atoms with Crippen LogP contribution in [0.1, 0.15) is 0 Å². The number of carbonyl (C=O) groups excluding carboxylic acids is 1. The highest BCUT2D eigenvalue weighted by Gasteiger charge is 2.20. The lowest BCUT2D eigenvalue weighted by Crippen LogP contribution is -2.52. The minimum Gasteiger partial charge on any atom is -0.496 e. The molecule has 2 aromatic rings. The fourth-order valence-corrected chi connectivity index (χ4v) is 3.11. The van der Waals surface area contributed by atoms with Crippen LogP contribution < -0.4 is 24.4 Å². The molecule has 0 atom stereocenters. The molecule has 28 heavy (non-hydrogen) atoms. The topological polar surface area (TPSA) is 63.3 Å². The number of piperazine rings is 1. The van der Waals surface area contributed by atoms with Gasteiger partial charge in [-0.05, 0) is 12.1 Å². The molecule has 7 nitrogen and oxygen atoms in total. The van der Waals surface area contributed by atoms with Gasteiger partial charge in [-0.3, -0.25) is 0 Å². The van der Waals surface area contributed by atoms with Crippen LogP contribution in [0.4, 0.5) is 10.5 Å².